The van der Waals surface area contributed by atoms with Crippen molar-refractivity contribution in [1.29, 1.82) is 0 Å². The van der Waals surface area contributed by atoms with Gasteiger partial charge in [-0.15, -0.1) is 0 Å². The molecule has 2 amide bonds. The first-order valence-electron chi connectivity index (χ1n) is 11.1. The topological polar surface area (TPSA) is 105 Å². The van der Waals surface area contributed by atoms with Crippen molar-refractivity contribution in [1.82, 2.24) is 15.4 Å². The highest BCUT2D eigenvalue weighted by Crippen LogP contribution is 2.41. The van der Waals surface area contributed by atoms with Crippen LogP contribution in [0.2, 0.25) is 0 Å². The number of carbonyl (C=O) groups excluding carboxylic acids is 1. The molecule has 0 spiro atoms. The molecule has 0 atom stereocenters. The van der Waals surface area contributed by atoms with Crippen molar-refractivity contribution in [2.24, 2.45) is 0 Å². The molecular weight excluding hydrogens is 454 g/mol. The van der Waals surface area contributed by atoms with Gasteiger partial charge in [-0.05, 0) is 43.7 Å². The van der Waals surface area contributed by atoms with Crippen LogP contribution in [-0.2, 0) is 13.1 Å². The van der Waals surface area contributed by atoms with Crippen LogP contribution in [0.15, 0.2) is 40.9 Å². The first-order valence-corrected chi connectivity index (χ1v) is 11.1. The van der Waals surface area contributed by atoms with Crippen molar-refractivity contribution >= 4 is 6.03 Å². The number of carbonyl (C=O) groups is 1. The van der Waals surface area contributed by atoms with Gasteiger partial charge >= 0.3 is 6.03 Å². The SMILES string of the molecule is COc1cc(-c2cc(CN(Cc3ccc4c(c3)OCO4)C(=O)NC(C)C)no2)cc(OC)c1OC. The maximum absolute atomic E-state index is 13.0. The van der Waals surface area contributed by atoms with Crippen LogP contribution in [0.3, 0.4) is 0 Å². The average Bonchev–Trinajstić information content (AvgIpc) is 3.51. The van der Waals surface area contributed by atoms with E-state index >= 15 is 0 Å². The van der Waals surface area contributed by atoms with E-state index in [2.05, 4.69) is 10.5 Å². The highest BCUT2D eigenvalue weighted by Gasteiger charge is 2.21. The molecular formula is C25H29N3O7. The van der Waals surface area contributed by atoms with E-state index in [1.807, 2.05) is 32.0 Å². The quantitative estimate of drug-likeness (QED) is 0.483. The van der Waals surface area contributed by atoms with Crippen molar-refractivity contribution in [3.05, 3.63) is 47.7 Å². The van der Waals surface area contributed by atoms with Crippen LogP contribution in [0.25, 0.3) is 11.3 Å². The van der Waals surface area contributed by atoms with Crippen LogP contribution in [0.5, 0.6) is 28.7 Å². The number of hydrogen-bond donors (Lipinski definition) is 1. The molecule has 10 nitrogen and oxygen atoms in total. The van der Waals surface area contributed by atoms with E-state index in [0.717, 1.165) is 5.56 Å². The number of hydrogen-bond acceptors (Lipinski definition) is 8. The molecule has 0 fully saturated rings. The number of rotatable bonds is 9. The van der Waals surface area contributed by atoms with E-state index in [1.54, 1.807) is 44.4 Å². The van der Waals surface area contributed by atoms with Gasteiger partial charge in [-0.3, -0.25) is 0 Å². The molecule has 2 heterocycles. The summed E-state index contributed by atoms with van der Waals surface area (Å²) < 4.78 is 32.7. The molecule has 1 aliphatic heterocycles. The normalized spacial score (nSPS) is 11.9. The van der Waals surface area contributed by atoms with E-state index in [0.29, 0.717) is 52.3 Å². The van der Waals surface area contributed by atoms with Gasteiger partial charge in [0.1, 0.15) is 5.69 Å². The lowest BCUT2D eigenvalue weighted by molar-refractivity contribution is 0.173. The number of aromatic nitrogens is 1. The Kier molecular flexibility index (Phi) is 7.19. The van der Waals surface area contributed by atoms with Crippen LogP contribution in [-0.4, -0.2) is 50.3 Å². The van der Waals surface area contributed by atoms with Crippen molar-refractivity contribution in [3.63, 3.8) is 0 Å². The maximum atomic E-state index is 13.0. The Bertz CT molecular complexity index is 1170. The Labute approximate surface area is 203 Å². The number of urea groups is 1. The Balaban J connectivity index is 1.58. The summed E-state index contributed by atoms with van der Waals surface area (Å²) in [6.45, 7) is 4.60. The highest BCUT2D eigenvalue weighted by molar-refractivity contribution is 5.74. The lowest BCUT2D eigenvalue weighted by atomic mass is 10.1. The smallest absolute Gasteiger partial charge is 0.318 e. The first kappa shape index (κ1) is 24.1. The van der Waals surface area contributed by atoms with Crippen LogP contribution < -0.4 is 29.0 Å². The van der Waals surface area contributed by atoms with Gasteiger partial charge < -0.3 is 38.4 Å². The van der Waals surface area contributed by atoms with E-state index in [4.69, 9.17) is 28.2 Å². The van der Waals surface area contributed by atoms with Gasteiger partial charge in [0.15, 0.2) is 28.8 Å². The second-order valence-corrected chi connectivity index (χ2v) is 8.24. The number of nitrogens with one attached hydrogen (secondary N) is 1. The average molecular weight is 484 g/mol. The first-order chi connectivity index (χ1) is 16.9. The Morgan fingerprint density at radius 1 is 1.00 bits per heavy atom. The van der Waals surface area contributed by atoms with Crippen LogP contribution in [0.4, 0.5) is 4.79 Å². The van der Waals surface area contributed by atoms with Crippen molar-refractivity contribution in [3.8, 4) is 40.1 Å². The fourth-order valence-electron chi connectivity index (χ4n) is 3.74. The molecule has 4 rings (SSSR count). The summed E-state index contributed by atoms with van der Waals surface area (Å²) in [7, 11) is 4.64. The number of ether oxygens (including phenoxy) is 5. The lowest BCUT2D eigenvalue weighted by Crippen LogP contribution is -2.42. The fraction of sp³-hybridized carbons (Fsp3) is 0.360. The Morgan fingerprint density at radius 3 is 2.37 bits per heavy atom. The number of nitrogens with zero attached hydrogens (tertiary/aromatic N) is 2. The summed E-state index contributed by atoms with van der Waals surface area (Å²) in [5.74, 6) is 3.35. The minimum absolute atomic E-state index is 0.0196. The zero-order chi connectivity index (χ0) is 24.9. The number of benzene rings is 2. The third-order valence-electron chi connectivity index (χ3n) is 5.37. The third kappa shape index (κ3) is 5.37. The molecule has 2 aromatic carbocycles. The van der Waals surface area contributed by atoms with Gasteiger partial charge in [0, 0.05) is 24.2 Å². The standard InChI is InChI=1S/C25H29N3O7/c1-15(2)26-25(29)28(12-16-6-7-19-21(8-16)34-14-33-19)13-18-11-20(35-27-18)17-9-22(30-3)24(32-5)23(10-17)31-4/h6-11,15H,12-14H2,1-5H3,(H,26,29). The van der Waals surface area contributed by atoms with Crippen molar-refractivity contribution < 1.29 is 33.0 Å². The Hall–Kier alpha value is -4.08. The zero-order valence-corrected chi connectivity index (χ0v) is 20.4. The van der Waals surface area contributed by atoms with E-state index < -0.39 is 0 Å². The van der Waals surface area contributed by atoms with E-state index in [-0.39, 0.29) is 25.4 Å². The van der Waals surface area contributed by atoms with Crippen molar-refractivity contribution in [2.45, 2.75) is 33.0 Å². The molecule has 0 unspecified atom stereocenters. The second-order valence-electron chi connectivity index (χ2n) is 8.24. The molecule has 1 aromatic heterocycles. The minimum atomic E-state index is -0.213. The summed E-state index contributed by atoms with van der Waals surface area (Å²) in [4.78, 5) is 14.6. The van der Waals surface area contributed by atoms with Crippen molar-refractivity contribution in [2.75, 3.05) is 28.1 Å². The van der Waals surface area contributed by atoms with E-state index in [9.17, 15) is 4.79 Å². The molecule has 0 saturated carbocycles. The molecule has 1 N–H and O–H groups in total. The minimum Gasteiger partial charge on any atom is -0.493 e. The highest BCUT2D eigenvalue weighted by atomic mass is 16.7. The predicted octanol–water partition coefficient (Wildman–Crippen LogP) is 4.22. The predicted molar refractivity (Wildman–Crippen MR) is 127 cm³/mol. The number of fused-ring (bicyclic) bond motifs is 1. The molecule has 0 aliphatic carbocycles. The molecule has 0 saturated heterocycles. The molecule has 186 valence electrons. The number of amides is 2. The van der Waals surface area contributed by atoms with Gasteiger partial charge in [-0.25, -0.2) is 4.79 Å². The lowest BCUT2D eigenvalue weighted by Gasteiger charge is -2.23. The zero-order valence-electron chi connectivity index (χ0n) is 20.4. The van der Waals surface area contributed by atoms with Crippen LogP contribution in [0.1, 0.15) is 25.1 Å². The molecule has 35 heavy (non-hydrogen) atoms. The summed E-state index contributed by atoms with van der Waals surface area (Å²) in [5, 5.41) is 7.14. The van der Waals surface area contributed by atoms with Gasteiger partial charge in [0.05, 0.1) is 27.9 Å². The summed E-state index contributed by atoms with van der Waals surface area (Å²) in [6, 6.07) is 10.7. The molecule has 0 bridgehead atoms. The second kappa shape index (κ2) is 10.5. The summed E-state index contributed by atoms with van der Waals surface area (Å²) >= 11 is 0. The Morgan fingerprint density at radius 2 is 1.71 bits per heavy atom. The van der Waals surface area contributed by atoms with Crippen LogP contribution in [0, 0.1) is 0 Å². The molecule has 10 heteroatoms. The molecule has 3 aromatic rings. The molecule has 0 radical (unpaired) electrons. The van der Waals surface area contributed by atoms with Gasteiger partial charge in [-0.1, -0.05) is 11.2 Å². The third-order valence-corrected chi connectivity index (χ3v) is 5.37. The summed E-state index contributed by atoms with van der Waals surface area (Å²) in [5.41, 5.74) is 2.20. The van der Waals surface area contributed by atoms with Gasteiger partial charge in [0.2, 0.25) is 12.5 Å². The fourth-order valence-corrected chi connectivity index (χ4v) is 3.74. The summed E-state index contributed by atoms with van der Waals surface area (Å²) in [6.07, 6.45) is 0. The van der Waals surface area contributed by atoms with E-state index in [1.165, 1.54) is 0 Å². The van der Waals surface area contributed by atoms with Gasteiger partial charge in [-0.2, -0.15) is 0 Å². The maximum Gasteiger partial charge on any atom is 0.318 e. The van der Waals surface area contributed by atoms with Crippen LogP contribution >= 0.6 is 0 Å². The number of methoxy groups -OCH3 is 3. The monoisotopic (exact) mass is 483 g/mol. The molecule has 1 aliphatic rings. The van der Waals surface area contributed by atoms with Gasteiger partial charge in [0.25, 0.3) is 0 Å². The largest absolute Gasteiger partial charge is 0.493 e.